The zero-order valence-electron chi connectivity index (χ0n) is 18.6. The van der Waals surface area contributed by atoms with Crippen molar-refractivity contribution >= 4 is 31.4 Å². The van der Waals surface area contributed by atoms with Crippen molar-refractivity contribution in [3.8, 4) is 0 Å². The van der Waals surface area contributed by atoms with Gasteiger partial charge in [-0.1, -0.05) is 6.92 Å². The molecule has 0 saturated heterocycles. The minimum absolute atomic E-state index is 0.107. The molecule has 0 saturated carbocycles. The Bertz CT molecular complexity index is 694. The molecule has 31 heavy (non-hydrogen) atoms. The molecular weight excluding hydrogens is 478 g/mol. The fraction of sp³-hybridized carbons (Fsp3) is 1.00. The van der Waals surface area contributed by atoms with E-state index in [1.807, 2.05) is 13.8 Å². The topological polar surface area (TPSA) is 201 Å². The predicted molar refractivity (Wildman–Crippen MR) is 115 cm³/mol. The van der Waals surface area contributed by atoms with Crippen LogP contribution in [-0.4, -0.2) is 63.4 Å². The lowest BCUT2D eigenvalue weighted by atomic mass is 9.83. The van der Waals surface area contributed by atoms with Crippen LogP contribution in [0.3, 0.4) is 0 Å². The Labute approximate surface area is 183 Å². The molecule has 0 radical (unpaired) electrons. The summed E-state index contributed by atoms with van der Waals surface area (Å²) in [6.45, 7) is 7.23. The summed E-state index contributed by atoms with van der Waals surface area (Å²) in [4.78, 5) is 45.5. The fourth-order valence-electron chi connectivity index (χ4n) is 2.80. The molecule has 0 fully saturated rings. The van der Waals surface area contributed by atoms with E-state index in [-0.39, 0.29) is 19.6 Å². The third-order valence-corrected chi connectivity index (χ3v) is 6.31. The van der Waals surface area contributed by atoms with Crippen LogP contribution in [0.2, 0.25) is 0 Å². The van der Waals surface area contributed by atoms with Crippen molar-refractivity contribution in [2.75, 3.05) is 19.8 Å². The van der Waals surface area contributed by atoms with Crippen molar-refractivity contribution in [1.29, 1.82) is 0 Å². The van der Waals surface area contributed by atoms with Crippen LogP contribution in [0.4, 0.5) is 0 Å². The first-order chi connectivity index (χ1) is 13.7. The van der Waals surface area contributed by atoms with Gasteiger partial charge in [0.1, 0.15) is 0 Å². The number of nitrogens with one attached hydrogen (secondary N) is 1. The molecule has 17 heteroatoms. The third-order valence-electron chi connectivity index (χ3n) is 4.14. The van der Waals surface area contributed by atoms with Gasteiger partial charge in [-0.3, -0.25) is 18.1 Å². The van der Waals surface area contributed by atoms with Gasteiger partial charge in [0.2, 0.25) is 0 Å². The minimum atomic E-state index is -4.75. The summed E-state index contributed by atoms with van der Waals surface area (Å²) in [6, 6.07) is 0. The molecule has 0 heterocycles. The Morgan fingerprint density at radius 3 is 1.77 bits per heavy atom. The molecule has 0 aliphatic heterocycles. The lowest BCUT2D eigenvalue weighted by Crippen LogP contribution is -2.41. The number of rotatable bonds is 16. The third kappa shape index (κ3) is 17.5. The number of phosphoric acid groups is 3. The van der Waals surface area contributed by atoms with E-state index in [1.165, 1.54) is 20.8 Å². The van der Waals surface area contributed by atoms with Crippen LogP contribution in [-0.2, 0) is 31.8 Å². The van der Waals surface area contributed by atoms with Gasteiger partial charge in [-0.15, -0.1) is 0 Å². The number of hydrogen-bond donors (Lipinski definition) is 6. The molecule has 0 aromatic rings. The lowest BCUT2D eigenvalue weighted by Gasteiger charge is -2.34. The molecule has 186 valence electrons. The lowest BCUT2D eigenvalue weighted by molar-refractivity contribution is 0.0246. The van der Waals surface area contributed by atoms with Gasteiger partial charge >= 0.3 is 23.5 Å². The molecule has 3 unspecified atom stereocenters. The maximum absolute atomic E-state index is 12.2. The predicted octanol–water partition coefficient (Wildman–Crippen LogP) is 1.07. The summed E-state index contributed by atoms with van der Waals surface area (Å²) in [7, 11) is -12.2. The quantitative estimate of drug-likeness (QED) is 0.127. The van der Waals surface area contributed by atoms with E-state index >= 15 is 0 Å². The van der Waals surface area contributed by atoms with Crippen LogP contribution in [0, 0.1) is 11.8 Å². The van der Waals surface area contributed by atoms with Crippen molar-refractivity contribution < 1.29 is 56.3 Å². The van der Waals surface area contributed by atoms with E-state index in [4.69, 9.17) is 33.1 Å². The van der Waals surface area contributed by atoms with E-state index in [0.29, 0.717) is 6.42 Å². The van der Waals surface area contributed by atoms with Crippen LogP contribution in [0.5, 0.6) is 0 Å². The Morgan fingerprint density at radius 2 is 1.32 bits per heavy atom. The highest BCUT2D eigenvalue weighted by Crippen LogP contribution is 2.47. The van der Waals surface area contributed by atoms with Crippen LogP contribution >= 0.6 is 23.5 Å². The molecule has 6 N–H and O–H groups in total. The SMILES string of the molecule is BNC(C)(C)CC(COP(=O)(O)OCC(C)COP(=O)(O)O)CC(C)(C)OP(=O)(O)O. The molecule has 0 aliphatic rings. The van der Waals surface area contributed by atoms with Crippen LogP contribution in [0.15, 0.2) is 0 Å². The fourth-order valence-corrected chi connectivity index (χ4v) is 4.88. The maximum Gasteiger partial charge on any atom is 0.472 e. The average Bonchev–Trinajstić information content (AvgIpc) is 2.53. The molecule has 0 spiro atoms. The van der Waals surface area contributed by atoms with E-state index in [0.717, 1.165) is 0 Å². The molecule has 0 aliphatic carbocycles. The minimum Gasteiger partial charge on any atom is -0.357 e. The van der Waals surface area contributed by atoms with E-state index in [9.17, 15) is 18.6 Å². The van der Waals surface area contributed by atoms with Gasteiger partial charge in [0.25, 0.3) is 0 Å². The second kappa shape index (κ2) is 12.2. The summed E-state index contributed by atoms with van der Waals surface area (Å²) in [5.74, 6) is -1.05. The Kier molecular flexibility index (Phi) is 12.3. The normalized spacial score (nSPS) is 17.9. The van der Waals surface area contributed by atoms with Gasteiger partial charge in [0.15, 0.2) is 7.98 Å². The summed E-state index contributed by atoms with van der Waals surface area (Å²) >= 11 is 0. The van der Waals surface area contributed by atoms with Gasteiger partial charge in [-0.25, -0.2) is 13.7 Å². The summed E-state index contributed by atoms with van der Waals surface area (Å²) in [6.07, 6.45) is 0.528. The summed E-state index contributed by atoms with van der Waals surface area (Å²) in [5.41, 5.74) is -1.66. The Morgan fingerprint density at radius 1 is 0.839 bits per heavy atom. The molecule has 0 amide bonds. The molecule has 0 aromatic heterocycles. The van der Waals surface area contributed by atoms with E-state index in [2.05, 4.69) is 9.75 Å². The van der Waals surface area contributed by atoms with Crippen LogP contribution in [0.1, 0.15) is 47.5 Å². The first-order valence-electron chi connectivity index (χ1n) is 9.42. The van der Waals surface area contributed by atoms with Crippen molar-refractivity contribution in [3.05, 3.63) is 0 Å². The van der Waals surface area contributed by atoms with E-state index < -0.39 is 53.1 Å². The summed E-state index contributed by atoms with van der Waals surface area (Å²) < 4.78 is 53.2. The van der Waals surface area contributed by atoms with Gasteiger partial charge in [-0.2, -0.15) is 0 Å². The van der Waals surface area contributed by atoms with Gasteiger partial charge < -0.3 is 29.7 Å². The molecule has 3 atom stereocenters. The first-order valence-corrected chi connectivity index (χ1v) is 14.0. The maximum atomic E-state index is 12.2. The molecule has 0 aromatic carbocycles. The van der Waals surface area contributed by atoms with Gasteiger partial charge in [-0.05, 0) is 46.5 Å². The van der Waals surface area contributed by atoms with Gasteiger partial charge in [0.05, 0.1) is 25.4 Å². The van der Waals surface area contributed by atoms with Crippen LogP contribution < -0.4 is 5.23 Å². The number of phosphoric ester groups is 3. The summed E-state index contributed by atoms with van der Waals surface area (Å²) in [5, 5.41) is 3.08. The molecular formula is C14H35BNO12P3. The van der Waals surface area contributed by atoms with Crippen LogP contribution in [0.25, 0.3) is 0 Å². The Hall–Kier alpha value is 0.355. The van der Waals surface area contributed by atoms with Crippen molar-refractivity contribution in [1.82, 2.24) is 5.23 Å². The standard InChI is InChI=1S/C14H35BNO12P3/c1-11(8-25-29(17,18)19)9-26-31(23,24)27-10-12(6-13(2,3)16-15)7-14(4,5)28-30(20,21)22/h11-12,16H,6-10,15H2,1-5H3,(H,23,24)(H2,17,18,19)(H2,20,21,22). The smallest absolute Gasteiger partial charge is 0.357 e. The van der Waals surface area contributed by atoms with E-state index in [1.54, 1.807) is 7.98 Å². The second-order valence-corrected chi connectivity index (χ2v) is 12.6. The Balaban J connectivity index is 5.00. The average molecular weight is 513 g/mol. The molecule has 0 bridgehead atoms. The monoisotopic (exact) mass is 513 g/mol. The van der Waals surface area contributed by atoms with Crippen molar-refractivity contribution in [2.24, 2.45) is 11.8 Å². The highest BCUT2D eigenvalue weighted by Gasteiger charge is 2.35. The second-order valence-electron chi connectivity index (χ2n) is 8.70. The van der Waals surface area contributed by atoms with Crippen molar-refractivity contribution in [3.63, 3.8) is 0 Å². The zero-order valence-corrected chi connectivity index (χ0v) is 21.3. The van der Waals surface area contributed by atoms with Crippen molar-refractivity contribution in [2.45, 2.75) is 58.6 Å². The first kappa shape index (κ1) is 31.4. The molecule has 13 nitrogen and oxygen atoms in total. The largest absolute Gasteiger partial charge is 0.472 e. The highest BCUT2D eigenvalue weighted by molar-refractivity contribution is 7.47. The van der Waals surface area contributed by atoms with Gasteiger partial charge in [0, 0.05) is 11.5 Å². The molecule has 0 rings (SSSR count). The zero-order chi connectivity index (χ0) is 24.7. The number of hydrogen-bond acceptors (Lipinski definition) is 8. The highest BCUT2D eigenvalue weighted by atomic mass is 31.2.